The van der Waals surface area contributed by atoms with Crippen molar-refractivity contribution in [1.82, 2.24) is 20.3 Å². The van der Waals surface area contributed by atoms with Crippen molar-refractivity contribution in [2.75, 3.05) is 24.3 Å². The highest BCUT2D eigenvalue weighted by molar-refractivity contribution is 5.87. The monoisotopic (exact) mass is 286 g/mol. The number of aromatic nitrogens is 3. The molecule has 0 saturated carbocycles. The van der Waals surface area contributed by atoms with Gasteiger partial charge in [0.05, 0.1) is 12.2 Å². The number of nitrogens with one attached hydrogen (secondary N) is 2. The van der Waals surface area contributed by atoms with E-state index in [0.717, 1.165) is 17.2 Å². The molecule has 7 nitrogen and oxygen atoms in total. The van der Waals surface area contributed by atoms with Gasteiger partial charge >= 0.3 is 6.03 Å². The molecule has 0 bridgehead atoms. The quantitative estimate of drug-likeness (QED) is 0.891. The van der Waals surface area contributed by atoms with Crippen LogP contribution in [0.3, 0.4) is 0 Å². The van der Waals surface area contributed by atoms with E-state index in [2.05, 4.69) is 25.6 Å². The summed E-state index contributed by atoms with van der Waals surface area (Å²) in [6, 6.07) is 7.02. The number of carbonyl (C=O) groups is 1. The first-order valence-electron chi connectivity index (χ1n) is 6.52. The van der Waals surface area contributed by atoms with Crippen LogP contribution in [-0.4, -0.2) is 35.1 Å². The number of pyridine rings is 1. The van der Waals surface area contributed by atoms with Gasteiger partial charge in [-0.3, -0.25) is 10.3 Å². The topological polar surface area (TPSA) is 83.0 Å². The van der Waals surface area contributed by atoms with Gasteiger partial charge in [0.25, 0.3) is 0 Å². The van der Waals surface area contributed by atoms with Crippen LogP contribution in [0.1, 0.15) is 11.4 Å². The number of aryl methyl sites for hydroxylation is 1. The van der Waals surface area contributed by atoms with Gasteiger partial charge in [0, 0.05) is 32.1 Å². The minimum absolute atomic E-state index is 0.275. The van der Waals surface area contributed by atoms with Crippen molar-refractivity contribution in [3.8, 4) is 0 Å². The molecule has 0 aliphatic rings. The molecule has 0 unspecified atom stereocenters. The van der Waals surface area contributed by atoms with Gasteiger partial charge in [-0.05, 0) is 19.1 Å². The van der Waals surface area contributed by atoms with Gasteiger partial charge in [-0.1, -0.05) is 6.07 Å². The van der Waals surface area contributed by atoms with Gasteiger partial charge < -0.3 is 10.2 Å². The number of hydrogen-bond acceptors (Lipinski definition) is 5. The summed E-state index contributed by atoms with van der Waals surface area (Å²) in [6.07, 6.45) is 1.68. The summed E-state index contributed by atoms with van der Waals surface area (Å²) in [7, 11) is 3.76. The van der Waals surface area contributed by atoms with Crippen LogP contribution in [0.25, 0.3) is 0 Å². The van der Waals surface area contributed by atoms with E-state index in [-0.39, 0.29) is 12.0 Å². The van der Waals surface area contributed by atoms with Crippen molar-refractivity contribution in [3.63, 3.8) is 0 Å². The molecule has 2 aromatic rings. The Bertz CT molecular complexity index is 614. The van der Waals surface area contributed by atoms with E-state index in [1.165, 1.54) is 0 Å². The fraction of sp³-hybridized carbons (Fsp3) is 0.286. The highest BCUT2D eigenvalue weighted by atomic mass is 16.2. The van der Waals surface area contributed by atoms with Gasteiger partial charge in [0.2, 0.25) is 5.95 Å². The normalized spacial score (nSPS) is 10.0. The third-order valence-electron chi connectivity index (χ3n) is 2.68. The molecule has 0 fully saturated rings. The van der Waals surface area contributed by atoms with E-state index >= 15 is 0 Å². The predicted octanol–water partition coefficient (Wildman–Crippen LogP) is 1.57. The number of urea groups is 1. The average Bonchev–Trinajstić information content (AvgIpc) is 2.45. The SMILES string of the molecule is Cc1cc(N(C)C)nc(NC(=O)NCc2ccccn2)n1. The van der Waals surface area contributed by atoms with Crippen molar-refractivity contribution < 1.29 is 4.79 Å². The number of nitrogens with zero attached hydrogens (tertiary/aromatic N) is 4. The van der Waals surface area contributed by atoms with Crippen molar-refractivity contribution in [2.45, 2.75) is 13.5 Å². The fourth-order valence-electron chi connectivity index (χ4n) is 1.66. The zero-order chi connectivity index (χ0) is 15.2. The minimum atomic E-state index is -0.365. The molecule has 2 heterocycles. The molecule has 0 aliphatic carbocycles. The molecular formula is C14H18N6O. The lowest BCUT2D eigenvalue weighted by Gasteiger charge is -2.13. The molecule has 7 heteroatoms. The van der Waals surface area contributed by atoms with Crippen LogP contribution in [0.4, 0.5) is 16.6 Å². The third-order valence-corrected chi connectivity index (χ3v) is 2.68. The second kappa shape index (κ2) is 6.65. The Hall–Kier alpha value is -2.70. The Morgan fingerprint density at radius 3 is 2.76 bits per heavy atom. The summed E-state index contributed by atoms with van der Waals surface area (Å²) in [6.45, 7) is 2.20. The molecule has 21 heavy (non-hydrogen) atoms. The third kappa shape index (κ3) is 4.41. The summed E-state index contributed by atoms with van der Waals surface area (Å²) >= 11 is 0. The number of rotatable bonds is 4. The van der Waals surface area contributed by atoms with E-state index in [0.29, 0.717) is 6.54 Å². The van der Waals surface area contributed by atoms with Gasteiger partial charge in [-0.25, -0.2) is 9.78 Å². The van der Waals surface area contributed by atoms with Gasteiger partial charge in [-0.2, -0.15) is 4.98 Å². The minimum Gasteiger partial charge on any atom is -0.363 e. The largest absolute Gasteiger partial charge is 0.363 e. The molecule has 2 amide bonds. The number of anilines is 2. The van der Waals surface area contributed by atoms with Crippen LogP contribution in [0.2, 0.25) is 0 Å². The molecule has 0 saturated heterocycles. The van der Waals surface area contributed by atoms with E-state index in [4.69, 9.17) is 0 Å². The van der Waals surface area contributed by atoms with Crippen LogP contribution in [0.15, 0.2) is 30.5 Å². The van der Waals surface area contributed by atoms with E-state index < -0.39 is 0 Å². The van der Waals surface area contributed by atoms with Crippen molar-refractivity contribution in [2.24, 2.45) is 0 Å². The molecule has 110 valence electrons. The van der Waals surface area contributed by atoms with Gasteiger partial charge in [0.15, 0.2) is 0 Å². The number of amides is 2. The van der Waals surface area contributed by atoms with Crippen LogP contribution in [0, 0.1) is 6.92 Å². The Morgan fingerprint density at radius 1 is 1.29 bits per heavy atom. The first-order chi connectivity index (χ1) is 10.0. The molecule has 0 spiro atoms. The standard InChI is InChI=1S/C14H18N6O/c1-10-8-12(20(2)3)18-13(17-10)19-14(21)16-9-11-6-4-5-7-15-11/h4-8H,9H2,1-3H3,(H2,16,17,18,19,21). The molecule has 0 aromatic carbocycles. The van der Waals surface area contributed by atoms with Crippen molar-refractivity contribution >= 4 is 17.8 Å². The Balaban J connectivity index is 1.96. The lowest BCUT2D eigenvalue weighted by atomic mass is 10.3. The van der Waals surface area contributed by atoms with Crippen molar-refractivity contribution in [3.05, 3.63) is 41.9 Å². The zero-order valence-electron chi connectivity index (χ0n) is 12.3. The number of carbonyl (C=O) groups excluding carboxylic acids is 1. The summed E-state index contributed by atoms with van der Waals surface area (Å²) in [5, 5.41) is 5.33. The predicted molar refractivity (Wildman–Crippen MR) is 81.2 cm³/mol. The van der Waals surface area contributed by atoms with Crippen molar-refractivity contribution in [1.29, 1.82) is 0 Å². The summed E-state index contributed by atoms with van der Waals surface area (Å²) in [5.74, 6) is 1.01. The molecule has 2 aromatic heterocycles. The average molecular weight is 286 g/mol. The van der Waals surface area contributed by atoms with Crippen LogP contribution in [-0.2, 0) is 6.54 Å². The molecule has 2 N–H and O–H groups in total. The first kappa shape index (κ1) is 14.7. The second-order valence-corrected chi connectivity index (χ2v) is 4.71. The first-order valence-corrected chi connectivity index (χ1v) is 6.52. The molecule has 2 rings (SSSR count). The maximum atomic E-state index is 11.8. The van der Waals surface area contributed by atoms with Gasteiger partial charge in [0.1, 0.15) is 5.82 Å². The lowest BCUT2D eigenvalue weighted by molar-refractivity contribution is 0.251. The highest BCUT2D eigenvalue weighted by Crippen LogP contribution is 2.11. The molecular weight excluding hydrogens is 268 g/mol. The molecule has 0 atom stereocenters. The summed E-state index contributed by atoms with van der Waals surface area (Å²) < 4.78 is 0. The maximum absolute atomic E-state index is 11.8. The molecule has 0 radical (unpaired) electrons. The lowest BCUT2D eigenvalue weighted by Crippen LogP contribution is -2.29. The summed E-state index contributed by atoms with van der Waals surface area (Å²) in [5.41, 5.74) is 1.57. The second-order valence-electron chi connectivity index (χ2n) is 4.71. The van der Waals surface area contributed by atoms with E-state index in [9.17, 15) is 4.79 Å². The Labute approximate surface area is 123 Å². The fourth-order valence-corrected chi connectivity index (χ4v) is 1.66. The summed E-state index contributed by atoms with van der Waals surface area (Å²) in [4.78, 5) is 26.3. The maximum Gasteiger partial charge on any atom is 0.321 e. The van der Waals surface area contributed by atoms with Crippen LogP contribution >= 0.6 is 0 Å². The Kier molecular flexibility index (Phi) is 4.65. The van der Waals surface area contributed by atoms with E-state index in [1.807, 2.05) is 50.2 Å². The highest BCUT2D eigenvalue weighted by Gasteiger charge is 2.07. The van der Waals surface area contributed by atoms with E-state index in [1.54, 1.807) is 6.20 Å². The zero-order valence-corrected chi connectivity index (χ0v) is 12.3. The van der Waals surface area contributed by atoms with Crippen LogP contribution in [0.5, 0.6) is 0 Å². The Morgan fingerprint density at radius 2 is 2.10 bits per heavy atom. The van der Waals surface area contributed by atoms with Gasteiger partial charge in [-0.15, -0.1) is 0 Å². The smallest absolute Gasteiger partial charge is 0.321 e. The molecule has 0 aliphatic heterocycles. The van der Waals surface area contributed by atoms with Crippen LogP contribution < -0.4 is 15.5 Å². The number of hydrogen-bond donors (Lipinski definition) is 2.